The minimum absolute atomic E-state index is 0.112. The van der Waals surface area contributed by atoms with Crippen LogP contribution in [0.15, 0.2) is 85.6 Å². The molecule has 3 aromatic rings. The quantitative estimate of drug-likeness (QED) is 0.209. The fourth-order valence-electron chi connectivity index (χ4n) is 6.86. The van der Waals surface area contributed by atoms with Crippen molar-refractivity contribution in [2.75, 3.05) is 5.32 Å². The lowest BCUT2D eigenvalue weighted by molar-refractivity contribution is 0.0130. The number of hydrogen-bond donors (Lipinski definition) is 2. The van der Waals surface area contributed by atoms with Gasteiger partial charge in [0.25, 0.3) is 5.92 Å². The van der Waals surface area contributed by atoms with Gasteiger partial charge in [0.15, 0.2) is 0 Å². The van der Waals surface area contributed by atoms with Crippen LogP contribution in [0, 0.1) is 12.8 Å². The van der Waals surface area contributed by atoms with Crippen molar-refractivity contribution < 1.29 is 8.78 Å². The van der Waals surface area contributed by atoms with Gasteiger partial charge in [0, 0.05) is 40.8 Å². The normalized spacial score (nSPS) is 17.1. The fraction of sp³-hybridized carbons (Fsp3) is 0.395. The highest BCUT2D eigenvalue weighted by Crippen LogP contribution is 2.54. The Balaban J connectivity index is 1.31. The second-order valence-electron chi connectivity index (χ2n) is 13.8. The molecule has 1 saturated carbocycles. The van der Waals surface area contributed by atoms with Gasteiger partial charge in [0.1, 0.15) is 5.82 Å². The highest BCUT2D eigenvalue weighted by Gasteiger charge is 2.48. The molecule has 0 bridgehead atoms. The lowest BCUT2D eigenvalue weighted by Crippen LogP contribution is -2.39. The van der Waals surface area contributed by atoms with Gasteiger partial charge < -0.3 is 10.6 Å². The number of fused-ring (bicyclic) bond motifs is 1. The molecule has 3 nitrogen and oxygen atoms in total. The van der Waals surface area contributed by atoms with Crippen molar-refractivity contribution in [1.29, 1.82) is 0 Å². The predicted octanol–water partition coefficient (Wildman–Crippen LogP) is 9.78. The zero-order valence-electron chi connectivity index (χ0n) is 26.3. The van der Waals surface area contributed by atoms with Crippen molar-refractivity contribution in [2.24, 2.45) is 5.92 Å². The van der Waals surface area contributed by atoms with Crippen molar-refractivity contribution >= 4 is 11.5 Å². The number of aromatic nitrogens is 1. The Kier molecular flexibility index (Phi) is 8.15. The Bertz CT molecular complexity index is 1580. The summed E-state index contributed by atoms with van der Waals surface area (Å²) in [6, 6.07) is 18.2. The maximum absolute atomic E-state index is 14.0. The summed E-state index contributed by atoms with van der Waals surface area (Å²) in [4.78, 5) is 5.01. The predicted molar refractivity (Wildman–Crippen MR) is 176 cm³/mol. The van der Waals surface area contributed by atoms with Crippen molar-refractivity contribution in [3.05, 3.63) is 113 Å². The van der Waals surface area contributed by atoms with Gasteiger partial charge in [-0.1, -0.05) is 68.1 Å². The van der Waals surface area contributed by atoms with Gasteiger partial charge in [-0.3, -0.25) is 0 Å². The van der Waals surface area contributed by atoms with E-state index in [1.54, 1.807) is 0 Å². The van der Waals surface area contributed by atoms with Crippen LogP contribution in [-0.2, 0) is 18.3 Å². The summed E-state index contributed by atoms with van der Waals surface area (Å²) in [7, 11) is 0. The molecule has 1 atom stereocenters. The zero-order valence-corrected chi connectivity index (χ0v) is 26.3. The van der Waals surface area contributed by atoms with Crippen LogP contribution in [-0.4, -0.2) is 16.4 Å². The summed E-state index contributed by atoms with van der Waals surface area (Å²) in [5.41, 5.74) is 9.18. The number of nitrogens with one attached hydrogen (secondary N) is 2. The van der Waals surface area contributed by atoms with Crippen LogP contribution >= 0.6 is 0 Å². The van der Waals surface area contributed by atoms with Crippen LogP contribution in [0.25, 0.3) is 17.0 Å². The van der Waals surface area contributed by atoms with Gasteiger partial charge in [0.2, 0.25) is 0 Å². The van der Waals surface area contributed by atoms with Crippen molar-refractivity contribution in [1.82, 2.24) is 10.3 Å². The molecule has 1 heterocycles. The summed E-state index contributed by atoms with van der Waals surface area (Å²) in [6.45, 7) is 23.7. The van der Waals surface area contributed by atoms with Crippen LogP contribution in [0.1, 0.15) is 81.2 Å². The summed E-state index contributed by atoms with van der Waals surface area (Å²) < 4.78 is 28.0. The van der Waals surface area contributed by atoms with E-state index in [1.165, 1.54) is 5.57 Å². The van der Waals surface area contributed by atoms with E-state index in [0.29, 0.717) is 5.92 Å². The average Bonchev–Trinajstić information content (AvgIpc) is 3.65. The first-order valence-electron chi connectivity index (χ1n) is 15.3. The molecule has 2 aliphatic carbocycles. The number of nitrogens with zero attached hydrogens (tertiary/aromatic N) is 1. The van der Waals surface area contributed by atoms with Crippen LogP contribution in [0.5, 0.6) is 0 Å². The molecule has 1 fully saturated rings. The number of benzene rings is 2. The van der Waals surface area contributed by atoms with Crippen LogP contribution in [0.4, 0.5) is 14.6 Å². The number of rotatable bonds is 12. The van der Waals surface area contributed by atoms with Gasteiger partial charge in [0.05, 0.1) is 5.69 Å². The number of hydrogen-bond acceptors (Lipinski definition) is 3. The number of alkyl halides is 2. The smallest absolute Gasteiger partial charge is 0.256 e. The molecule has 0 saturated heterocycles. The summed E-state index contributed by atoms with van der Waals surface area (Å²) in [5.74, 6) is -1.40. The third-order valence-corrected chi connectivity index (χ3v) is 8.89. The average molecular weight is 582 g/mol. The van der Waals surface area contributed by atoms with Crippen LogP contribution < -0.4 is 10.6 Å². The maximum Gasteiger partial charge on any atom is 0.256 e. The van der Waals surface area contributed by atoms with Gasteiger partial charge in [-0.15, -0.1) is 6.58 Å². The summed E-state index contributed by atoms with van der Waals surface area (Å²) in [6.07, 6.45) is 3.56. The summed E-state index contributed by atoms with van der Waals surface area (Å²) >= 11 is 0. The second-order valence-corrected chi connectivity index (χ2v) is 13.8. The van der Waals surface area contributed by atoms with Crippen molar-refractivity contribution in [2.45, 2.75) is 90.0 Å². The molecule has 5 rings (SSSR count). The van der Waals surface area contributed by atoms with E-state index in [0.717, 1.165) is 82.0 Å². The lowest BCUT2D eigenvalue weighted by atomic mass is 9.87. The molecule has 1 unspecified atom stereocenters. The number of aryl methyl sites for hydroxylation is 1. The molecular weight excluding hydrogens is 536 g/mol. The van der Waals surface area contributed by atoms with E-state index in [-0.39, 0.29) is 23.8 Å². The Hall–Kier alpha value is -3.73. The molecule has 5 heteroatoms. The number of allylic oxidation sites excluding steroid dienone is 2. The molecular formula is C38H45F2N3. The molecule has 43 heavy (non-hydrogen) atoms. The zero-order chi connectivity index (χ0) is 31.2. The number of pyridine rings is 1. The summed E-state index contributed by atoms with van der Waals surface area (Å²) in [5, 5.41) is 7.13. The molecule has 1 aromatic heterocycles. The topological polar surface area (TPSA) is 37.0 Å². The third-order valence-electron chi connectivity index (χ3n) is 8.89. The standard InChI is InChI=1S/C38H45F2N3/c1-24(2)18-25(3)21-36(7,8)43-27(5)29-10-9-11-30(19-29)35-26(4)12-15-34(42-35)41-28(6)37(16-17-37)33-14-13-31-22-38(39,40)23-32(31)20-33/h9-15,19-20,25,43H,1,5-6,16-18,21-23H2,2-4,7-8H3,(H,41,42). The molecule has 0 amide bonds. The van der Waals surface area contributed by atoms with Gasteiger partial charge in [-0.2, -0.15) is 0 Å². The first-order chi connectivity index (χ1) is 20.2. The Morgan fingerprint density at radius 2 is 1.72 bits per heavy atom. The molecule has 2 aliphatic rings. The monoisotopic (exact) mass is 581 g/mol. The van der Waals surface area contributed by atoms with Gasteiger partial charge >= 0.3 is 0 Å². The maximum atomic E-state index is 14.0. The van der Waals surface area contributed by atoms with Crippen molar-refractivity contribution in [3.8, 4) is 11.3 Å². The van der Waals surface area contributed by atoms with E-state index in [9.17, 15) is 8.78 Å². The fourth-order valence-corrected chi connectivity index (χ4v) is 6.86. The number of anilines is 1. The molecule has 226 valence electrons. The largest absolute Gasteiger partial charge is 0.380 e. The second kappa shape index (κ2) is 11.4. The van der Waals surface area contributed by atoms with Crippen molar-refractivity contribution in [3.63, 3.8) is 0 Å². The highest BCUT2D eigenvalue weighted by atomic mass is 19.3. The first-order valence-corrected chi connectivity index (χ1v) is 15.3. The first kappa shape index (κ1) is 30.7. The van der Waals surface area contributed by atoms with Gasteiger partial charge in [-0.05, 0) is 99.2 Å². The Morgan fingerprint density at radius 1 is 1.00 bits per heavy atom. The Morgan fingerprint density at radius 3 is 2.42 bits per heavy atom. The van der Waals surface area contributed by atoms with E-state index in [1.807, 2.05) is 30.3 Å². The third kappa shape index (κ3) is 6.92. The minimum atomic E-state index is -2.64. The van der Waals surface area contributed by atoms with Gasteiger partial charge in [-0.25, -0.2) is 13.8 Å². The Labute approximate surface area is 256 Å². The van der Waals surface area contributed by atoms with E-state index < -0.39 is 5.92 Å². The van der Waals surface area contributed by atoms with E-state index in [4.69, 9.17) is 4.98 Å². The van der Waals surface area contributed by atoms with E-state index in [2.05, 4.69) is 89.3 Å². The SMILES string of the molecule is C=C(C)CC(C)CC(C)(C)NC(=C)c1cccc(-c2nc(NC(=C)C3(c4ccc5c(c4)CC(F)(F)C5)CC3)ccc2C)c1. The lowest BCUT2D eigenvalue weighted by Gasteiger charge is -2.32. The van der Waals surface area contributed by atoms with Crippen LogP contribution in [0.2, 0.25) is 0 Å². The van der Waals surface area contributed by atoms with E-state index >= 15 is 0 Å². The highest BCUT2D eigenvalue weighted by molar-refractivity contribution is 5.72. The molecule has 2 N–H and O–H groups in total. The molecule has 0 radical (unpaired) electrons. The molecule has 2 aromatic carbocycles. The molecule has 0 spiro atoms. The minimum Gasteiger partial charge on any atom is -0.380 e. The van der Waals surface area contributed by atoms with Crippen LogP contribution in [0.3, 0.4) is 0 Å². The number of halogens is 2. The molecule has 0 aliphatic heterocycles.